The van der Waals surface area contributed by atoms with Gasteiger partial charge in [-0.2, -0.15) is 5.10 Å². The Kier molecular flexibility index (Phi) is 7.51. The highest BCUT2D eigenvalue weighted by atomic mass is 16.5. The van der Waals surface area contributed by atoms with Gasteiger partial charge in [0.1, 0.15) is 23.8 Å². The van der Waals surface area contributed by atoms with Gasteiger partial charge in [-0.15, -0.1) is 5.10 Å². The summed E-state index contributed by atoms with van der Waals surface area (Å²) in [4.78, 5) is 16.6. The Balaban J connectivity index is 1.31. The van der Waals surface area contributed by atoms with E-state index in [-0.39, 0.29) is 6.23 Å². The second kappa shape index (κ2) is 12.3. The molecule has 1 fully saturated rings. The Morgan fingerprint density at radius 3 is 2.00 bits per heavy atom. The van der Waals surface area contributed by atoms with Crippen molar-refractivity contribution in [3.63, 3.8) is 0 Å². The normalized spacial score (nSPS) is 15.1. The molecule has 3 heterocycles. The lowest BCUT2D eigenvalue weighted by Gasteiger charge is -2.35. The first-order valence-electron chi connectivity index (χ1n) is 16.0. The maximum absolute atomic E-state index is 11.7. The van der Waals surface area contributed by atoms with E-state index < -0.39 is 5.54 Å². The number of rotatable bonds is 8. The van der Waals surface area contributed by atoms with Crippen molar-refractivity contribution >= 4 is 17.2 Å². The lowest BCUT2D eigenvalue weighted by Crippen LogP contribution is -2.38. The van der Waals surface area contributed by atoms with Crippen LogP contribution in [0, 0.1) is 0 Å². The molecule has 8 rings (SSSR count). The molecule has 2 aromatic heterocycles. The summed E-state index contributed by atoms with van der Waals surface area (Å²) < 4.78 is 10.1. The van der Waals surface area contributed by atoms with Crippen LogP contribution in [-0.2, 0) is 10.3 Å². The van der Waals surface area contributed by atoms with Crippen LogP contribution in [0.2, 0.25) is 0 Å². The van der Waals surface area contributed by atoms with E-state index in [0.717, 1.165) is 70.0 Å². The molecule has 47 heavy (non-hydrogen) atoms. The smallest absolute Gasteiger partial charge is 0.181 e. The minimum Gasteiger partial charge on any atom is -0.356 e. The standard InChI is InChI=1S/C40H33N5O2/c46-27-29-13-12-14-30(25-29)38-35-26-31(22-23-36(35)45(42-38)37-21-10-11-24-47-37)39-41-28-44(43-39)40(32-15-4-1-5-16-32,33-17-6-2-7-18-33)34-19-8-3-9-20-34/h1-9,12-20,22-23,25-28,37H,10-11,21,24H2. The molecule has 0 aliphatic carbocycles. The van der Waals surface area contributed by atoms with Crippen molar-refractivity contribution in [1.82, 2.24) is 24.5 Å². The average Bonchev–Trinajstić information content (AvgIpc) is 3.80. The molecule has 230 valence electrons. The zero-order valence-corrected chi connectivity index (χ0v) is 25.8. The predicted molar refractivity (Wildman–Crippen MR) is 183 cm³/mol. The Labute approximate surface area is 273 Å². The number of benzene rings is 5. The lowest BCUT2D eigenvalue weighted by atomic mass is 9.77. The molecule has 7 aromatic rings. The van der Waals surface area contributed by atoms with Crippen LogP contribution in [0.3, 0.4) is 0 Å². The van der Waals surface area contributed by atoms with Crippen LogP contribution in [-0.4, -0.2) is 37.4 Å². The number of hydrogen-bond acceptors (Lipinski definition) is 5. The van der Waals surface area contributed by atoms with Crippen molar-refractivity contribution < 1.29 is 9.53 Å². The molecule has 0 spiro atoms. The number of aldehydes is 1. The molecule has 1 unspecified atom stereocenters. The average molecular weight is 616 g/mol. The number of hydrogen-bond donors (Lipinski definition) is 0. The number of carbonyl (C=O) groups excluding carboxylic acids is 1. The van der Waals surface area contributed by atoms with E-state index in [2.05, 4.69) is 91.0 Å². The maximum atomic E-state index is 11.7. The Bertz CT molecular complexity index is 2050. The topological polar surface area (TPSA) is 74.8 Å². The second-order valence-electron chi connectivity index (χ2n) is 11.9. The monoisotopic (exact) mass is 615 g/mol. The summed E-state index contributed by atoms with van der Waals surface area (Å²) >= 11 is 0. The highest BCUT2D eigenvalue weighted by molar-refractivity contribution is 5.96. The molecule has 0 amide bonds. The third kappa shape index (κ3) is 5.05. The molecule has 0 saturated carbocycles. The van der Waals surface area contributed by atoms with Crippen molar-refractivity contribution in [2.24, 2.45) is 0 Å². The van der Waals surface area contributed by atoms with Crippen LogP contribution in [0.5, 0.6) is 0 Å². The SMILES string of the molecule is O=Cc1cccc(-c2nn(C3CCCCO3)c3ccc(-c4ncn(C(c5ccccc5)(c5ccccc5)c5ccccc5)n4)cc23)c1. The van der Waals surface area contributed by atoms with Crippen LogP contribution >= 0.6 is 0 Å². The van der Waals surface area contributed by atoms with Gasteiger partial charge < -0.3 is 4.74 Å². The van der Waals surface area contributed by atoms with Gasteiger partial charge in [0.05, 0.1) is 5.52 Å². The van der Waals surface area contributed by atoms with Gasteiger partial charge in [0.15, 0.2) is 12.1 Å². The highest BCUT2D eigenvalue weighted by Gasteiger charge is 2.39. The van der Waals surface area contributed by atoms with E-state index >= 15 is 0 Å². The van der Waals surface area contributed by atoms with Crippen LogP contribution in [0.15, 0.2) is 140 Å². The second-order valence-corrected chi connectivity index (χ2v) is 11.9. The number of carbonyl (C=O) groups is 1. The number of fused-ring (bicyclic) bond motifs is 1. The predicted octanol–water partition coefficient (Wildman–Crippen LogP) is 8.31. The largest absolute Gasteiger partial charge is 0.356 e. The first kappa shape index (κ1) is 28.8. The van der Waals surface area contributed by atoms with E-state index in [1.54, 1.807) is 6.07 Å². The van der Waals surface area contributed by atoms with E-state index in [0.29, 0.717) is 18.0 Å². The summed E-state index contributed by atoms with van der Waals surface area (Å²) in [6, 6.07) is 45.2. The molecule has 5 aromatic carbocycles. The lowest BCUT2D eigenvalue weighted by molar-refractivity contribution is -0.0365. The molecule has 1 atom stereocenters. The summed E-state index contributed by atoms with van der Waals surface area (Å²) in [6.45, 7) is 0.716. The third-order valence-corrected chi connectivity index (χ3v) is 9.10. The summed E-state index contributed by atoms with van der Waals surface area (Å²) in [7, 11) is 0. The number of nitrogens with zero attached hydrogens (tertiary/aromatic N) is 5. The van der Waals surface area contributed by atoms with Gasteiger partial charge in [-0.25, -0.2) is 14.3 Å². The zero-order chi connectivity index (χ0) is 31.6. The van der Waals surface area contributed by atoms with E-state index in [9.17, 15) is 4.79 Å². The summed E-state index contributed by atoms with van der Waals surface area (Å²) in [5.41, 5.74) is 6.60. The first-order valence-corrected chi connectivity index (χ1v) is 16.0. The van der Waals surface area contributed by atoms with Crippen LogP contribution in [0.4, 0.5) is 0 Å². The Hall–Kier alpha value is -5.66. The van der Waals surface area contributed by atoms with Gasteiger partial charge in [-0.3, -0.25) is 4.79 Å². The van der Waals surface area contributed by atoms with Gasteiger partial charge >= 0.3 is 0 Å². The third-order valence-electron chi connectivity index (χ3n) is 9.10. The molecule has 0 bridgehead atoms. The van der Waals surface area contributed by atoms with E-state index in [4.69, 9.17) is 19.9 Å². The Morgan fingerprint density at radius 2 is 1.38 bits per heavy atom. The summed E-state index contributed by atoms with van der Waals surface area (Å²) in [6.07, 6.45) is 5.61. The molecule has 1 aliphatic rings. The van der Waals surface area contributed by atoms with Crippen molar-refractivity contribution in [2.75, 3.05) is 6.61 Å². The van der Waals surface area contributed by atoms with Gasteiger partial charge in [-0.1, -0.05) is 109 Å². The number of aromatic nitrogens is 5. The van der Waals surface area contributed by atoms with E-state index in [1.807, 2.05) is 52.1 Å². The maximum Gasteiger partial charge on any atom is 0.181 e. The molecule has 1 aliphatic heterocycles. The quantitative estimate of drug-likeness (QED) is 0.127. The van der Waals surface area contributed by atoms with Crippen molar-refractivity contribution in [3.8, 4) is 22.6 Å². The zero-order valence-electron chi connectivity index (χ0n) is 25.8. The molecule has 7 nitrogen and oxygen atoms in total. The van der Waals surface area contributed by atoms with Crippen LogP contribution in [0.1, 0.15) is 52.5 Å². The molecule has 1 saturated heterocycles. The van der Waals surface area contributed by atoms with Gasteiger partial charge in [0.2, 0.25) is 0 Å². The summed E-state index contributed by atoms with van der Waals surface area (Å²) in [5.74, 6) is 0.605. The molecular formula is C40H33N5O2. The Morgan fingerprint density at radius 1 is 0.702 bits per heavy atom. The fourth-order valence-electron chi connectivity index (χ4n) is 6.88. The minimum absolute atomic E-state index is 0.138. The molecular weight excluding hydrogens is 582 g/mol. The molecule has 7 heteroatoms. The molecule has 0 radical (unpaired) electrons. The van der Waals surface area contributed by atoms with Gasteiger partial charge in [0, 0.05) is 28.7 Å². The molecule has 0 N–H and O–H groups in total. The summed E-state index contributed by atoms with van der Waals surface area (Å²) in [5, 5.41) is 11.3. The van der Waals surface area contributed by atoms with Crippen molar-refractivity contribution in [3.05, 3.63) is 162 Å². The van der Waals surface area contributed by atoms with Crippen molar-refractivity contribution in [1.29, 1.82) is 0 Å². The van der Waals surface area contributed by atoms with Crippen molar-refractivity contribution in [2.45, 2.75) is 31.0 Å². The number of ether oxygens (including phenoxy) is 1. The van der Waals surface area contributed by atoms with Gasteiger partial charge in [0.25, 0.3) is 0 Å². The minimum atomic E-state index is -0.761. The fraction of sp³-hybridized carbons (Fsp3) is 0.150. The first-order chi connectivity index (χ1) is 23.3. The van der Waals surface area contributed by atoms with E-state index in [1.165, 1.54) is 0 Å². The van der Waals surface area contributed by atoms with Crippen LogP contribution in [0.25, 0.3) is 33.5 Å². The highest BCUT2D eigenvalue weighted by Crippen LogP contribution is 2.41. The van der Waals surface area contributed by atoms with Gasteiger partial charge in [-0.05, 0) is 60.2 Å². The van der Waals surface area contributed by atoms with Crippen LogP contribution < -0.4 is 0 Å². The fourth-order valence-corrected chi connectivity index (χ4v) is 6.88.